The van der Waals surface area contributed by atoms with E-state index in [-0.39, 0.29) is 18.6 Å². The quantitative estimate of drug-likeness (QED) is 0.504. The van der Waals surface area contributed by atoms with Crippen LogP contribution in [0.3, 0.4) is 0 Å². The molecule has 0 saturated heterocycles. The third kappa shape index (κ3) is 4.43. The summed E-state index contributed by atoms with van der Waals surface area (Å²) in [4.78, 5) is 16.9. The van der Waals surface area contributed by atoms with E-state index >= 15 is 0 Å². The van der Waals surface area contributed by atoms with Gasteiger partial charge in [-0.15, -0.1) is 0 Å². The van der Waals surface area contributed by atoms with Gasteiger partial charge in [-0.3, -0.25) is 4.79 Å². The summed E-state index contributed by atoms with van der Waals surface area (Å²) in [6, 6.07) is 19.9. The summed E-state index contributed by atoms with van der Waals surface area (Å²) in [5.41, 5.74) is 6.07. The Morgan fingerprint density at radius 2 is 1.81 bits per heavy atom. The number of rotatable bonds is 6. The molecule has 0 radical (unpaired) electrons. The van der Waals surface area contributed by atoms with Crippen molar-refractivity contribution >= 4 is 16.9 Å². The van der Waals surface area contributed by atoms with E-state index in [1.54, 1.807) is 10.7 Å². The Bertz CT molecular complexity index is 1230. The van der Waals surface area contributed by atoms with Gasteiger partial charge in [0.25, 0.3) is 5.91 Å². The van der Waals surface area contributed by atoms with Crippen LogP contribution in [0.4, 0.5) is 0 Å². The smallest absolute Gasteiger partial charge is 0.258 e. The molecule has 158 valence electrons. The van der Waals surface area contributed by atoms with Crippen LogP contribution in [-0.2, 0) is 11.8 Å². The molecular formula is C25H26N4O2. The lowest BCUT2D eigenvalue weighted by Gasteiger charge is -2.15. The average Bonchev–Trinajstić information content (AvgIpc) is 3.09. The molecule has 0 unspecified atom stereocenters. The Morgan fingerprint density at radius 3 is 2.55 bits per heavy atom. The predicted octanol–water partition coefficient (Wildman–Crippen LogP) is 4.51. The van der Waals surface area contributed by atoms with Gasteiger partial charge in [0, 0.05) is 24.1 Å². The Labute approximate surface area is 181 Å². The topological polar surface area (TPSA) is 69.0 Å². The van der Waals surface area contributed by atoms with Gasteiger partial charge in [-0.2, -0.15) is 10.1 Å². The first-order valence-electron chi connectivity index (χ1n) is 10.3. The predicted molar refractivity (Wildman–Crippen MR) is 122 cm³/mol. The summed E-state index contributed by atoms with van der Waals surface area (Å²) in [6.45, 7) is 5.96. The van der Waals surface area contributed by atoms with Crippen LogP contribution in [0.2, 0.25) is 0 Å². The number of pyridine rings is 1. The largest absolute Gasteiger partial charge is 0.468 e. The molecule has 0 aliphatic rings. The second kappa shape index (κ2) is 8.60. The highest BCUT2D eigenvalue weighted by Crippen LogP contribution is 2.30. The van der Waals surface area contributed by atoms with Gasteiger partial charge in [-0.05, 0) is 38.0 Å². The molecule has 4 aromatic rings. The normalized spacial score (nSPS) is 12.0. The summed E-state index contributed by atoms with van der Waals surface area (Å²) in [5.74, 6) is 0.200. The van der Waals surface area contributed by atoms with Gasteiger partial charge in [-0.25, -0.2) is 4.68 Å². The average molecular weight is 415 g/mol. The molecule has 0 bridgehead atoms. The molecule has 6 nitrogen and oxygen atoms in total. The summed E-state index contributed by atoms with van der Waals surface area (Å²) in [7, 11) is 1.86. The zero-order valence-corrected chi connectivity index (χ0v) is 18.2. The molecule has 0 saturated carbocycles. The molecule has 1 N–H and O–H groups in total. The minimum absolute atomic E-state index is 0.0964. The molecule has 2 aromatic carbocycles. The van der Waals surface area contributed by atoms with Crippen molar-refractivity contribution < 1.29 is 9.53 Å². The maximum absolute atomic E-state index is 12.3. The van der Waals surface area contributed by atoms with Crippen LogP contribution in [0.25, 0.3) is 22.3 Å². The molecule has 0 aliphatic heterocycles. The number of aryl methyl sites for hydroxylation is 3. The first kappa shape index (κ1) is 20.6. The maximum Gasteiger partial charge on any atom is 0.258 e. The number of aromatic nitrogens is 3. The monoisotopic (exact) mass is 414 g/mol. The van der Waals surface area contributed by atoms with Crippen LogP contribution in [0.1, 0.15) is 29.7 Å². The van der Waals surface area contributed by atoms with E-state index in [0.717, 1.165) is 27.8 Å². The first-order valence-corrected chi connectivity index (χ1v) is 10.3. The van der Waals surface area contributed by atoms with Crippen molar-refractivity contribution in [2.24, 2.45) is 7.05 Å². The highest BCUT2D eigenvalue weighted by Gasteiger charge is 2.15. The third-order valence-corrected chi connectivity index (χ3v) is 5.37. The molecule has 0 aliphatic carbocycles. The van der Waals surface area contributed by atoms with Crippen molar-refractivity contribution in [2.75, 3.05) is 6.61 Å². The second-order valence-electron chi connectivity index (χ2n) is 7.80. The van der Waals surface area contributed by atoms with E-state index in [4.69, 9.17) is 4.74 Å². The number of amides is 1. The number of nitrogens with one attached hydrogen (secondary N) is 1. The van der Waals surface area contributed by atoms with Crippen molar-refractivity contribution in [3.8, 4) is 17.1 Å². The van der Waals surface area contributed by atoms with E-state index in [1.165, 1.54) is 5.56 Å². The fraction of sp³-hybridized carbons (Fsp3) is 0.240. The van der Waals surface area contributed by atoms with Gasteiger partial charge < -0.3 is 10.1 Å². The number of ether oxygens (including phenoxy) is 1. The molecule has 0 fully saturated rings. The summed E-state index contributed by atoms with van der Waals surface area (Å²) < 4.78 is 7.40. The van der Waals surface area contributed by atoms with Gasteiger partial charge in [0.2, 0.25) is 5.88 Å². The summed E-state index contributed by atoms with van der Waals surface area (Å²) in [5, 5.41) is 8.56. The van der Waals surface area contributed by atoms with Crippen molar-refractivity contribution in [1.82, 2.24) is 20.1 Å². The third-order valence-electron chi connectivity index (χ3n) is 5.37. The number of carbonyl (C=O) groups excluding carboxylic acids is 1. The standard InChI is InChI=1S/C25H26N4O2/c1-16-9-11-19(12-10-16)18(3)26-22(30)15-31-23-14-13-21-24(28-29(4)25(21)27-23)20-8-6-5-7-17(20)2/h5-14,18H,15H2,1-4H3,(H,26,30)/t18-/m0/s1. The molecule has 1 atom stereocenters. The molecule has 1 amide bonds. The van der Waals surface area contributed by atoms with Crippen LogP contribution in [0, 0.1) is 13.8 Å². The first-order chi connectivity index (χ1) is 14.9. The van der Waals surface area contributed by atoms with Crippen molar-refractivity contribution in [3.05, 3.63) is 77.4 Å². The Kier molecular flexibility index (Phi) is 5.71. The number of benzene rings is 2. The SMILES string of the molecule is Cc1ccc([C@H](C)NC(=O)COc2ccc3c(-c4ccccc4C)nn(C)c3n2)cc1. The van der Waals surface area contributed by atoms with Crippen molar-refractivity contribution in [1.29, 1.82) is 0 Å². The zero-order chi connectivity index (χ0) is 22.0. The number of fused-ring (bicyclic) bond motifs is 1. The van der Waals surface area contributed by atoms with Crippen molar-refractivity contribution in [3.63, 3.8) is 0 Å². The second-order valence-corrected chi connectivity index (χ2v) is 7.80. The van der Waals surface area contributed by atoms with Gasteiger partial charge in [-0.1, -0.05) is 54.1 Å². The van der Waals surface area contributed by atoms with E-state index in [2.05, 4.69) is 34.5 Å². The molecule has 2 heterocycles. The fourth-order valence-electron chi connectivity index (χ4n) is 3.59. The molecule has 6 heteroatoms. The van der Waals surface area contributed by atoms with Crippen LogP contribution < -0.4 is 10.1 Å². The van der Waals surface area contributed by atoms with Crippen LogP contribution in [0.15, 0.2) is 60.7 Å². The molecular weight excluding hydrogens is 388 g/mol. The van der Waals surface area contributed by atoms with Gasteiger partial charge in [0.1, 0.15) is 5.69 Å². The van der Waals surface area contributed by atoms with Crippen LogP contribution in [-0.4, -0.2) is 27.3 Å². The Morgan fingerprint density at radius 1 is 1.06 bits per heavy atom. The van der Waals surface area contributed by atoms with E-state index in [9.17, 15) is 4.79 Å². The minimum atomic E-state index is -0.194. The Balaban J connectivity index is 1.46. The molecule has 31 heavy (non-hydrogen) atoms. The summed E-state index contributed by atoms with van der Waals surface area (Å²) in [6.07, 6.45) is 0. The van der Waals surface area contributed by atoms with Gasteiger partial charge >= 0.3 is 0 Å². The van der Waals surface area contributed by atoms with E-state index in [1.807, 2.05) is 63.4 Å². The lowest BCUT2D eigenvalue weighted by molar-refractivity contribution is -0.123. The Hall–Kier alpha value is -3.67. The van der Waals surface area contributed by atoms with E-state index in [0.29, 0.717) is 11.5 Å². The maximum atomic E-state index is 12.3. The van der Waals surface area contributed by atoms with Crippen LogP contribution >= 0.6 is 0 Å². The van der Waals surface area contributed by atoms with Crippen molar-refractivity contribution in [2.45, 2.75) is 26.8 Å². The zero-order valence-electron chi connectivity index (χ0n) is 18.2. The molecule has 0 spiro atoms. The lowest BCUT2D eigenvalue weighted by Crippen LogP contribution is -2.31. The molecule has 2 aromatic heterocycles. The fourth-order valence-corrected chi connectivity index (χ4v) is 3.59. The number of nitrogens with zero attached hydrogens (tertiary/aromatic N) is 3. The number of hydrogen-bond acceptors (Lipinski definition) is 4. The minimum Gasteiger partial charge on any atom is -0.468 e. The number of carbonyl (C=O) groups is 1. The van der Waals surface area contributed by atoms with E-state index < -0.39 is 0 Å². The van der Waals surface area contributed by atoms with Crippen LogP contribution in [0.5, 0.6) is 5.88 Å². The summed E-state index contributed by atoms with van der Waals surface area (Å²) >= 11 is 0. The molecule has 4 rings (SSSR count). The number of hydrogen-bond donors (Lipinski definition) is 1. The highest BCUT2D eigenvalue weighted by molar-refractivity contribution is 5.92. The lowest BCUT2D eigenvalue weighted by atomic mass is 10.0. The van der Waals surface area contributed by atoms with Gasteiger partial charge in [0.15, 0.2) is 12.3 Å². The van der Waals surface area contributed by atoms with Gasteiger partial charge in [0.05, 0.1) is 6.04 Å². The highest BCUT2D eigenvalue weighted by atomic mass is 16.5.